The molecule has 62 valence electrons. The quantitative estimate of drug-likeness (QED) is 0.449. The Kier molecular flexibility index (Phi) is 1.66. The SMILES string of the molecule is Nc1cc2cc(O)sc2cc1S. The summed E-state index contributed by atoms with van der Waals surface area (Å²) in [6.07, 6.45) is 0. The first kappa shape index (κ1) is 7.76. The van der Waals surface area contributed by atoms with Gasteiger partial charge in [-0.15, -0.1) is 12.6 Å². The topological polar surface area (TPSA) is 46.2 Å². The molecular formula is C8H7NOS2. The van der Waals surface area contributed by atoms with Crippen LogP contribution in [-0.4, -0.2) is 5.11 Å². The van der Waals surface area contributed by atoms with Gasteiger partial charge in [-0.2, -0.15) is 0 Å². The third-order valence-electron chi connectivity index (χ3n) is 1.65. The van der Waals surface area contributed by atoms with Crippen LogP contribution in [0.1, 0.15) is 0 Å². The van der Waals surface area contributed by atoms with E-state index in [9.17, 15) is 5.11 Å². The fourth-order valence-electron chi connectivity index (χ4n) is 1.08. The van der Waals surface area contributed by atoms with Gasteiger partial charge in [0.25, 0.3) is 0 Å². The maximum atomic E-state index is 9.19. The molecule has 1 heterocycles. The van der Waals surface area contributed by atoms with Gasteiger partial charge in [0.1, 0.15) is 0 Å². The second kappa shape index (κ2) is 2.57. The molecule has 0 spiro atoms. The summed E-state index contributed by atoms with van der Waals surface area (Å²) in [7, 11) is 0. The average Bonchev–Trinajstić information content (AvgIpc) is 2.30. The predicted molar refractivity (Wildman–Crippen MR) is 55.2 cm³/mol. The van der Waals surface area contributed by atoms with Crippen LogP contribution in [0.3, 0.4) is 0 Å². The Morgan fingerprint density at radius 3 is 2.83 bits per heavy atom. The summed E-state index contributed by atoms with van der Waals surface area (Å²) in [4.78, 5) is 0.754. The molecule has 0 saturated heterocycles. The highest BCUT2D eigenvalue weighted by Crippen LogP contribution is 2.34. The molecule has 2 aromatic rings. The number of aromatic hydroxyl groups is 1. The number of rotatable bonds is 0. The molecule has 1 aromatic heterocycles. The van der Waals surface area contributed by atoms with E-state index in [4.69, 9.17) is 5.73 Å². The van der Waals surface area contributed by atoms with Crippen LogP contribution in [0, 0.1) is 0 Å². The minimum atomic E-state index is 0.309. The summed E-state index contributed by atoms with van der Waals surface area (Å²) >= 11 is 5.51. The number of nitrogen functional groups attached to an aromatic ring is 1. The minimum absolute atomic E-state index is 0.309. The monoisotopic (exact) mass is 197 g/mol. The van der Waals surface area contributed by atoms with Crippen LogP contribution >= 0.6 is 24.0 Å². The highest BCUT2D eigenvalue weighted by molar-refractivity contribution is 7.80. The molecule has 0 aliphatic carbocycles. The summed E-state index contributed by atoms with van der Waals surface area (Å²) in [6, 6.07) is 5.37. The van der Waals surface area contributed by atoms with Crippen molar-refractivity contribution in [1.82, 2.24) is 0 Å². The van der Waals surface area contributed by atoms with Crippen molar-refractivity contribution in [3.05, 3.63) is 18.2 Å². The first-order valence-electron chi connectivity index (χ1n) is 3.38. The molecule has 0 atom stereocenters. The highest BCUT2D eigenvalue weighted by Gasteiger charge is 2.02. The van der Waals surface area contributed by atoms with E-state index in [2.05, 4.69) is 12.6 Å². The molecule has 0 fully saturated rings. The largest absolute Gasteiger partial charge is 0.499 e. The second-order valence-corrected chi connectivity index (χ2v) is 4.08. The molecule has 0 aliphatic heterocycles. The molecule has 0 amide bonds. The van der Waals surface area contributed by atoms with Crippen molar-refractivity contribution in [3.63, 3.8) is 0 Å². The van der Waals surface area contributed by atoms with Gasteiger partial charge in [-0.25, -0.2) is 0 Å². The lowest BCUT2D eigenvalue weighted by atomic mass is 10.2. The fourth-order valence-corrected chi connectivity index (χ4v) is 2.18. The Hall–Kier alpha value is -0.870. The number of hydrogen-bond donors (Lipinski definition) is 3. The standard InChI is InChI=1S/C8H7NOS2/c9-5-1-4-2-8(10)12-7(4)3-6(5)11/h1-3,10-11H,9H2. The Labute approximate surface area is 79.0 Å². The van der Waals surface area contributed by atoms with Crippen LogP contribution in [0.4, 0.5) is 5.69 Å². The van der Waals surface area contributed by atoms with Gasteiger partial charge in [0.15, 0.2) is 5.06 Å². The lowest BCUT2D eigenvalue weighted by Gasteiger charge is -1.96. The molecule has 2 rings (SSSR count). The van der Waals surface area contributed by atoms with E-state index in [0.29, 0.717) is 10.8 Å². The van der Waals surface area contributed by atoms with Crippen molar-refractivity contribution in [2.24, 2.45) is 0 Å². The Bertz CT molecular complexity index is 397. The summed E-state index contributed by atoms with van der Waals surface area (Å²) in [5, 5.41) is 10.5. The molecule has 4 heteroatoms. The number of nitrogens with two attached hydrogens (primary N) is 1. The third kappa shape index (κ3) is 1.13. The van der Waals surface area contributed by atoms with Crippen molar-refractivity contribution in [2.75, 3.05) is 5.73 Å². The van der Waals surface area contributed by atoms with Crippen LogP contribution in [-0.2, 0) is 0 Å². The van der Waals surface area contributed by atoms with E-state index < -0.39 is 0 Å². The Morgan fingerprint density at radius 1 is 1.33 bits per heavy atom. The van der Waals surface area contributed by atoms with Crippen LogP contribution in [0.5, 0.6) is 5.06 Å². The van der Waals surface area contributed by atoms with E-state index in [1.54, 1.807) is 6.07 Å². The molecular weight excluding hydrogens is 190 g/mol. The molecule has 0 bridgehead atoms. The summed E-state index contributed by atoms with van der Waals surface area (Å²) < 4.78 is 1.01. The zero-order chi connectivity index (χ0) is 8.72. The maximum Gasteiger partial charge on any atom is 0.172 e. The number of benzene rings is 1. The molecule has 3 N–H and O–H groups in total. The lowest BCUT2D eigenvalue weighted by molar-refractivity contribution is 0.491. The molecule has 0 unspecified atom stereocenters. The lowest BCUT2D eigenvalue weighted by Crippen LogP contribution is -1.84. The van der Waals surface area contributed by atoms with E-state index >= 15 is 0 Å². The van der Waals surface area contributed by atoms with Gasteiger partial charge in [-0.05, 0) is 23.6 Å². The van der Waals surface area contributed by atoms with Gasteiger partial charge in [-0.3, -0.25) is 0 Å². The molecule has 2 nitrogen and oxygen atoms in total. The summed E-state index contributed by atoms with van der Waals surface area (Å²) in [5.41, 5.74) is 6.28. The average molecular weight is 197 g/mol. The van der Waals surface area contributed by atoms with Crippen molar-refractivity contribution in [1.29, 1.82) is 0 Å². The van der Waals surface area contributed by atoms with Crippen molar-refractivity contribution < 1.29 is 5.11 Å². The summed E-state index contributed by atoms with van der Waals surface area (Å²) in [5.74, 6) is 0. The number of anilines is 1. The molecule has 0 saturated carbocycles. The molecule has 1 aromatic carbocycles. The zero-order valence-corrected chi connectivity index (χ0v) is 7.82. The van der Waals surface area contributed by atoms with Crippen LogP contribution in [0.25, 0.3) is 10.1 Å². The Balaban J connectivity index is 2.83. The molecule has 0 radical (unpaired) electrons. The van der Waals surface area contributed by atoms with Gasteiger partial charge in [0, 0.05) is 15.3 Å². The second-order valence-electron chi connectivity index (χ2n) is 2.53. The maximum absolute atomic E-state index is 9.19. The first-order valence-corrected chi connectivity index (χ1v) is 4.64. The van der Waals surface area contributed by atoms with Crippen molar-refractivity contribution in [3.8, 4) is 5.06 Å². The normalized spacial score (nSPS) is 10.8. The van der Waals surface area contributed by atoms with Gasteiger partial charge < -0.3 is 10.8 Å². The highest BCUT2D eigenvalue weighted by atomic mass is 32.1. The van der Waals surface area contributed by atoms with Gasteiger partial charge in [0.05, 0.1) is 0 Å². The van der Waals surface area contributed by atoms with Gasteiger partial charge >= 0.3 is 0 Å². The smallest absolute Gasteiger partial charge is 0.172 e. The number of fused-ring (bicyclic) bond motifs is 1. The predicted octanol–water partition coefficient (Wildman–Crippen LogP) is 2.48. The molecule has 12 heavy (non-hydrogen) atoms. The minimum Gasteiger partial charge on any atom is -0.499 e. The third-order valence-corrected chi connectivity index (χ3v) is 2.94. The summed E-state index contributed by atoms with van der Waals surface area (Å²) in [6.45, 7) is 0. The van der Waals surface area contributed by atoms with E-state index in [1.807, 2.05) is 12.1 Å². The first-order chi connectivity index (χ1) is 5.66. The number of thiophene rings is 1. The fraction of sp³-hybridized carbons (Fsp3) is 0. The Morgan fingerprint density at radius 2 is 2.08 bits per heavy atom. The van der Waals surface area contributed by atoms with Gasteiger partial charge in [0.2, 0.25) is 0 Å². The van der Waals surface area contributed by atoms with Crippen molar-refractivity contribution in [2.45, 2.75) is 4.90 Å². The van der Waals surface area contributed by atoms with Crippen LogP contribution in [0.2, 0.25) is 0 Å². The van der Waals surface area contributed by atoms with Crippen molar-refractivity contribution >= 4 is 39.7 Å². The zero-order valence-electron chi connectivity index (χ0n) is 6.11. The van der Waals surface area contributed by atoms with Crippen LogP contribution in [0.15, 0.2) is 23.1 Å². The van der Waals surface area contributed by atoms with E-state index in [0.717, 1.165) is 15.0 Å². The van der Waals surface area contributed by atoms with Crippen LogP contribution < -0.4 is 5.73 Å². The van der Waals surface area contributed by atoms with Gasteiger partial charge in [-0.1, -0.05) is 11.3 Å². The number of hydrogen-bond acceptors (Lipinski definition) is 4. The number of thiol groups is 1. The van der Waals surface area contributed by atoms with E-state index in [-0.39, 0.29) is 0 Å². The van der Waals surface area contributed by atoms with E-state index in [1.165, 1.54) is 11.3 Å². The molecule has 0 aliphatic rings.